The molecule has 1 aliphatic carbocycles. The third-order valence-electron chi connectivity index (χ3n) is 3.67. The van der Waals surface area contributed by atoms with Crippen LogP contribution in [0.3, 0.4) is 0 Å². The minimum atomic E-state index is -0.422. The summed E-state index contributed by atoms with van der Waals surface area (Å²) < 4.78 is 5.64. The van der Waals surface area contributed by atoms with Crippen LogP contribution in [0.1, 0.15) is 43.9 Å². The molecule has 0 amide bonds. The second-order valence-electron chi connectivity index (χ2n) is 5.48. The molecule has 0 saturated carbocycles. The Kier molecular flexibility index (Phi) is 4.25. The molecular formula is C15H23NO2. The number of rotatable bonds is 4. The van der Waals surface area contributed by atoms with Gasteiger partial charge in [-0.3, -0.25) is 0 Å². The van der Waals surface area contributed by atoms with E-state index in [-0.39, 0.29) is 12.0 Å². The van der Waals surface area contributed by atoms with Crippen molar-refractivity contribution in [1.82, 2.24) is 0 Å². The van der Waals surface area contributed by atoms with Gasteiger partial charge < -0.3 is 15.6 Å². The number of aryl methyl sites for hydroxylation is 1. The molecule has 1 aromatic rings. The highest BCUT2D eigenvalue weighted by molar-refractivity contribution is 5.39. The maximum atomic E-state index is 9.73. The smallest absolute Gasteiger partial charge is 0.119 e. The third kappa shape index (κ3) is 3.03. The fourth-order valence-electron chi connectivity index (χ4n) is 2.28. The van der Waals surface area contributed by atoms with Crippen molar-refractivity contribution in [1.29, 1.82) is 0 Å². The number of fused-ring (bicyclic) bond motifs is 1. The van der Waals surface area contributed by atoms with Gasteiger partial charge in [-0.2, -0.15) is 0 Å². The van der Waals surface area contributed by atoms with Crippen LogP contribution >= 0.6 is 0 Å². The molecule has 0 radical (unpaired) electrons. The highest BCUT2D eigenvalue weighted by Gasteiger charge is 2.17. The highest BCUT2D eigenvalue weighted by atomic mass is 16.5. The fourth-order valence-corrected chi connectivity index (χ4v) is 2.28. The first kappa shape index (κ1) is 13.4. The number of aliphatic hydroxyl groups is 1. The van der Waals surface area contributed by atoms with Gasteiger partial charge in [-0.25, -0.2) is 0 Å². The molecule has 2 atom stereocenters. The highest BCUT2D eigenvalue weighted by Crippen LogP contribution is 2.30. The second-order valence-corrected chi connectivity index (χ2v) is 5.48. The van der Waals surface area contributed by atoms with Crippen LogP contribution < -0.4 is 10.5 Å². The lowest BCUT2D eigenvalue weighted by molar-refractivity contribution is 0.0701. The molecular weight excluding hydrogens is 226 g/mol. The SMILES string of the molecule is CC(C)C(O)COc1ccc2c(c1)[C@H](N)CCC2. The second kappa shape index (κ2) is 5.72. The van der Waals surface area contributed by atoms with Crippen LogP contribution in [0.25, 0.3) is 0 Å². The van der Waals surface area contributed by atoms with E-state index in [9.17, 15) is 5.11 Å². The molecule has 0 aliphatic heterocycles. The Hall–Kier alpha value is -1.06. The molecule has 0 saturated heterocycles. The van der Waals surface area contributed by atoms with Gasteiger partial charge in [-0.15, -0.1) is 0 Å². The fraction of sp³-hybridized carbons (Fsp3) is 0.600. The average Bonchev–Trinajstić information content (AvgIpc) is 2.36. The summed E-state index contributed by atoms with van der Waals surface area (Å²) in [6.45, 7) is 4.30. The summed E-state index contributed by atoms with van der Waals surface area (Å²) in [5.41, 5.74) is 8.66. The lowest BCUT2D eigenvalue weighted by Crippen LogP contribution is -2.23. The summed E-state index contributed by atoms with van der Waals surface area (Å²) in [6.07, 6.45) is 2.90. The van der Waals surface area contributed by atoms with Crippen molar-refractivity contribution >= 4 is 0 Å². The first-order valence-electron chi connectivity index (χ1n) is 6.77. The number of hydrogen-bond donors (Lipinski definition) is 2. The molecule has 1 aliphatic rings. The minimum absolute atomic E-state index is 0.132. The van der Waals surface area contributed by atoms with E-state index in [0.717, 1.165) is 18.6 Å². The zero-order chi connectivity index (χ0) is 13.1. The van der Waals surface area contributed by atoms with E-state index in [4.69, 9.17) is 10.5 Å². The Balaban J connectivity index is 2.04. The molecule has 0 heterocycles. The average molecular weight is 249 g/mol. The van der Waals surface area contributed by atoms with Crippen LogP contribution in [-0.2, 0) is 6.42 Å². The van der Waals surface area contributed by atoms with Crippen LogP contribution in [0.2, 0.25) is 0 Å². The van der Waals surface area contributed by atoms with Crippen LogP contribution in [0, 0.1) is 5.92 Å². The Labute approximate surface area is 109 Å². The molecule has 2 rings (SSSR count). The Morgan fingerprint density at radius 3 is 2.94 bits per heavy atom. The summed E-state index contributed by atoms with van der Waals surface area (Å²) in [7, 11) is 0. The van der Waals surface area contributed by atoms with Gasteiger partial charge in [0.15, 0.2) is 0 Å². The first-order chi connectivity index (χ1) is 8.58. The third-order valence-corrected chi connectivity index (χ3v) is 3.67. The van der Waals surface area contributed by atoms with Gasteiger partial charge in [0.25, 0.3) is 0 Å². The van der Waals surface area contributed by atoms with E-state index in [1.807, 2.05) is 26.0 Å². The quantitative estimate of drug-likeness (QED) is 0.861. The summed E-state index contributed by atoms with van der Waals surface area (Å²) >= 11 is 0. The normalized spacial score (nSPS) is 20.6. The Morgan fingerprint density at radius 2 is 2.22 bits per heavy atom. The zero-order valence-corrected chi connectivity index (χ0v) is 11.2. The lowest BCUT2D eigenvalue weighted by Gasteiger charge is -2.23. The molecule has 0 bridgehead atoms. The lowest BCUT2D eigenvalue weighted by atomic mass is 9.88. The molecule has 100 valence electrons. The predicted octanol–water partition coefficient (Wildman–Crippen LogP) is 2.42. The summed E-state index contributed by atoms with van der Waals surface area (Å²) in [5.74, 6) is 1.02. The van der Waals surface area contributed by atoms with Crippen molar-refractivity contribution < 1.29 is 9.84 Å². The summed E-state index contributed by atoms with van der Waals surface area (Å²) in [6, 6.07) is 6.24. The number of nitrogens with two attached hydrogens (primary N) is 1. The van der Waals surface area contributed by atoms with Crippen molar-refractivity contribution in [2.45, 2.75) is 45.3 Å². The molecule has 0 fully saturated rings. The topological polar surface area (TPSA) is 55.5 Å². The molecule has 1 unspecified atom stereocenters. The molecule has 0 aromatic heterocycles. The van der Waals surface area contributed by atoms with E-state index in [1.54, 1.807) is 0 Å². The van der Waals surface area contributed by atoms with Crippen molar-refractivity contribution in [2.75, 3.05) is 6.61 Å². The largest absolute Gasteiger partial charge is 0.491 e. The first-order valence-corrected chi connectivity index (χ1v) is 6.77. The summed E-state index contributed by atoms with van der Waals surface area (Å²) in [4.78, 5) is 0. The van der Waals surface area contributed by atoms with Crippen LogP contribution in [0.15, 0.2) is 18.2 Å². The van der Waals surface area contributed by atoms with E-state index in [0.29, 0.717) is 6.61 Å². The minimum Gasteiger partial charge on any atom is -0.491 e. The number of benzene rings is 1. The molecule has 3 N–H and O–H groups in total. The van der Waals surface area contributed by atoms with Crippen molar-refractivity contribution in [3.05, 3.63) is 29.3 Å². The zero-order valence-electron chi connectivity index (χ0n) is 11.2. The van der Waals surface area contributed by atoms with Crippen molar-refractivity contribution in [3.63, 3.8) is 0 Å². The van der Waals surface area contributed by atoms with Crippen LogP contribution in [-0.4, -0.2) is 17.8 Å². The molecule has 18 heavy (non-hydrogen) atoms. The number of aliphatic hydroxyl groups excluding tert-OH is 1. The van der Waals surface area contributed by atoms with E-state index in [1.165, 1.54) is 17.5 Å². The van der Waals surface area contributed by atoms with Gasteiger partial charge in [0, 0.05) is 6.04 Å². The van der Waals surface area contributed by atoms with Gasteiger partial charge in [0.2, 0.25) is 0 Å². The van der Waals surface area contributed by atoms with Gasteiger partial charge >= 0.3 is 0 Å². The van der Waals surface area contributed by atoms with Gasteiger partial charge in [-0.05, 0) is 48.4 Å². The van der Waals surface area contributed by atoms with E-state index in [2.05, 4.69) is 6.07 Å². The Bertz CT molecular complexity index is 403. The number of hydrogen-bond acceptors (Lipinski definition) is 3. The van der Waals surface area contributed by atoms with Crippen molar-refractivity contribution in [2.24, 2.45) is 11.7 Å². The molecule has 3 heteroatoms. The van der Waals surface area contributed by atoms with Gasteiger partial charge in [0.05, 0.1) is 6.10 Å². The standard InChI is InChI=1S/C15H23NO2/c1-10(2)15(17)9-18-12-7-6-11-4-3-5-14(16)13(11)8-12/h6-8,10,14-15,17H,3-5,9,16H2,1-2H3/t14-,15?/m1/s1. The van der Waals surface area contributed by atoms with Gasteiger partial charge in [-0.1, -0.05) is 19.9 Å². The molecule has 0 spiro atoms. The Morgan fingerprint density at radius 1 is 1.44 bits per heavy atom. The summed E-state index contributed by atoms with van der Waals surface area (Å²) in [5, 5.41) is 9.73. The maximum absolute atomic E-state index is 9.73. The van der Waals surface area contributed by atoms with E-state index < -0.39 is 6.10 Å². The monoisotopic (exact) mass is 249 g/mol. The van der Waals surface area contributed by atoms with Crippen molar-refractivity contribution in [3.8, 4) is 5.75 Å². The van der Waals surface area contributed by atoms with Crippen LogP contribution in [0.4, 0.5) is 0 Å². The number of ether oxygens (including phenoxy) is 1. The maximum Gasteiger partial charge on any atom is 0.119 e. The molecule has 3 nitrogen and oxygen atoms in total. The van der Waals surface area contributed by atoms with Crippen LogP contribution in [0.5, 0.6) is 5.75 Å². The van der Waals surface area contributed by atoms with Gasteiger partial charge in [0.1, 0.15) is 12.4 Å². The van der Waals surface area contributed by atoms with E-state index >= 15 is 0 Å². The molecule has 1 aromatic carbocycles. The predicted molar refractivity (Wildman–Crippen MR) is 72.6 cm³/mol.